The largest absolute Gasteiger partial charge is 0.471 e. The van der Waals surface area contributed by atoms with Crippen molar-refractivity contribution in [2.24, 2.45) is 0 Å². The lowest BCUT2D eigenvalue weighted by Crippen LogP contribution is -2.63. The van der Waals surface area contributed by atoms with Crippen LogP contribution in [-0.2, 0) is 4.79 Å². The van der Waals surface area contributed by atoms with Gasteiger partial charge in [-0.25, -0.2) is 0 Å². The lowest BCUT2D eigenvalue weighted by molar-refractivity contribution is -0.192. The molecule has 1 rings (SSSR count). The van der Waals surface area contributed by atoms with Gasteiger partial charge >= 0.3 is 12.1 Å². The van der Waals surface area contributed by atoms with Gasteiger partial charge in [-0.2, -0.15) is 25.8 Å². The van der Waals surface area contributed by atoms with Gasteiger partial charge in [0, 0.05) is 31.4 Å². The maximum Gasteiger partial charge on any atom is 0.471 e. The lowest BCUT2D eigenvalue weighted by atomic mass is 10.1. The molecule has 0 saturated carbocycles. The maximum atomic E-state index is 12.2. The molecule has 106 valence electrons. The number of hydrogen-bond donors (Lipinski definition) is 1. The average molecular weight is 284 g/mol. The Morgan fingerprint density at radius 2 is 2.00 bits per heavy atom. The molecule has 1 aliphatic rings. The number of carbonyl (C=O) groups excluding carboxylic acids is 1. The molecule has 18 heavy (non-hydrogen) atoms. The summed E-state index contributed by atoms with van der Waals surface area (Å²) in [6.45, 7) is 4.03. The van der Waals surface area contributed by atoms with Gasteiger partial charge in [-0.05, 0) is 13.0 Å². The molecule has 0 radical (unpaired) electrons. The van der Waals surface area contributed by atoms with Crippen molar-refractivity contribution < 1.29 is 18.0 Å². The zero-order valence-electron chi connectivity index (χ0n) is 10.4. The van der Waals surface area contributed by atoms with Gasteiger partial charge in [-0.3, -0.25) is 9.69 Å². The molecule has 0 aliphatic carbocycles. The highest BCUT2D eigenvalue weighted by atomic mass is 32.1. The number of likely N-dealkylation sites (tertiary alicyclic amines) is 1. The van der Waals surface area contributed by atoms with Gasteiger partial charge in [0.05, 0.1) is 0 Å². The number of carbonyl (C=O) groups is 1. The minimum atomic E-state index is -4.75. The summed E-state index contributed by atoms with van der Waals surface area (Å²) in [7, 11) is 0. The highest BCUT2D eigenvalue weighted by molar-refractivity contribution is 7.80. The Morgan fingerprint density at radius 3 is 2.44 bits per heavy atom. The third kappa shape index (κ3) is 4.05. The van der Waals surface area contributed by atoms with Crippen LogP contribution < -0.4 is 0 Å². The van der Waals surface area contributed by atoms with Crippen molar-refractivity contribution >= 4 is 18.5 Å². The van der Waals surface area contributed by atoms with Crippen molar-refractivity contribution in [1.29, 1.82) is 0 Å². The predicted molar refractivity (Wildman–Crippen MR) is 66.8 cm³/mol. The lowest BCUT2D eigenvalue weighted by Gasteiger charge is -2.45. The second-order valence-electron chi connectivity index (χ2n) is 4.47. The SMILES string of the molecule is CCCCN(CCS)C1CN(C(=O)C(F)(F)F)C1. The summed E-state index contributed by atoms with van der Waals surface area (Å²) in [5, 5.41) is 0. The molecule has 1 aliphatic heterocycles. The summed E-state index contributed by atoms with van der Waals surface area (Å²) < 4.78 is 36.5. The zero-order chi connectivity index (χ0) is 13.8. The first kappa shape index (κ1) is 15.6. The molecule has 0 aromatic rings. The number of nitrogens with zero attached hydrogens (tertiary/aromatic N) is 2. The minimum absolute atomic E-state index is 0.0509. The van der Waals surface area contributed by atoms with E-state index in [9.17, 15) is 18.0 Å². The first-order chi connectivity index (χ1) is 8.40. The summed E-state index contributed by atoms with van der Waals surface area (Å²) in [6, 6.07) is 0.0509. The van der Waals surface area contributed by atoms with Crippen LogP contribution in [0.4, 0.5) is 13.2 Å². The highest BCUT2D eigenvalue weighted by Crippen LogP contribution is 2.24. The summed E-state index contributed by atoms with van der Waals surface area (Å²) in [6.07, 6.45) is -2.69. The third-order valence-corrected chi connectivity index (χ3v) is 3.29. The van der Waals surface area contributed by atoms with Gasteiger partial charge in [0.1, 0.15) is 0 Å². The van der Waals surface area contributed by atoms with Gasteiger partial charge in [0.25, 0.3) is 0 Å². The Bertz CT molecular complexity index is 280. The summed E-state index contributed by atoms with van der Waals surface area (Å²) in [5.41, 5.74) is 0. The van der Waals surface area contributed by atoms with E-state index in [1.54, 1.807) is 0 Å². The Labute approximate surface area is 111 Å². The zero-order valence-corrected chi connectivity index (χ0v) is 11.3. The second kappa shape index (κ2) is 6.65. The van der Waals surface area contributed by atoms with Crippen LogP contribution in [-0.4, -0.2) is 59.9 Å². The number of alkyl halides is 3. The van der Waals surface area contributed by atoms with Gasteiger partial charge in [0.2, 0.25) is 0 Å². The van der Waals surface area contributed by atoms with Gasteiger partial charge in [-0.1, -0.05) is 13.3 Å². The van der Waals surface area contributed by atoms with Crippen molar-refractivity contribution in [3.8, 4) is 0 Å². The molecule has 0 N–H and O–H groups in total. The number of unbranched alkanes of at least 4 members (excludes halogenated alkanes) is 1. The fraction of sp³-hybridized carbons (Fsp3) is 0.909. The molecule has 1 amide bonds. The number of thiol groups is 1. The van der Waals surface area contributed by atoms with Crippen LogP contribution in [0.2, 0.25) is 0 Å². The molecule has 0 aromatic heterocycles. The molecule has 0 atom stereocenters. The second-order valence-corrected chi connectivity index (χ2v) is 4.92. The van der Waals surface area contributed by atoms with Crippen LogP contribution in [0.25, 0.3) is 0 Å². The smallest absolute Gasteiger partial charge is 0.332 e. The predicted octanol–water partition coefficient (Wildman–Crippen LogP) is 1.79. The first-order valence-corrected chi connectivity index (χ1v) is 6.74. The van der Waals surface area contributed by atoms with E-state index in [0.29, 0.717) is 5.75 Å². The molecule has 1 heterocycles. The Kier molecular flexibility index (Phi) is 5.78. The third-order valence-electron chi connectivity index (χ3n) is 3.09. The molecule has 0 aromatic carbocycles. The standard InChI is InChI=1S/C11H19F3N2OS/c1-2-3-4-15(5-6-18)9-7-16(8-9)10(17)11(12,13)14/h9,18H,2-8H2,1H3. The van der Waals surface area contributed by atoms with Gasteiger partial charge in [0.15, 0.2) is 0 Å². The molecular formula is C11H19F3N2OS. The maximum absolute atomic E-state index is 12.2. The van der Waals surface area contributed by atoms with E-state index in [0.717, 1.165) is 30.8 Å². The molecule has 1 fully saturated rings. The van der Waals surface area contributed by atoms with E-state index in [1.807, 2.05) is 0 Å². The van der Waals surface area contributed by atoms with E-state index in [2.05, 4.69) is 24.5 Å². The first-order valence-electron chi connectivity index (χ1n) is 6.11. The van der Waals surface area contributed by atoms with E-state index in [4.69, 9.17) is 0 Å². The van der Waals surface area contributed by atoms with E-state index >= 15 is 0 Å². The normalized spacial score (nSPS) is 17.1. The summed E-state index contributed by atoms with van der Waals surface area (Å²) in [4.78, 5) is 13.9. The fourth-order valence-electron chi connectivity index (χ4n) is 2.00. The fourth-order valence-corrected chi connectivity index (χ4v) is 2.25. The summed E-state index contributed by atoms with van der Waals surface area (Å²) >= 11 is 4.15. The summed E-state index contributed by atoms with van der Waals surface area (Å²) in [5.74, 6) is -1.05. The molecule has 0 bridgehead atoms. The van der Waals surface area contributed by atoms with Crippen molar-refractivity contribution in [3.63, 3.8) is 0 Å². The monoisotopic (exact) mass is 284 g/mol. The molecule has 3 nitrogen and oxygen atoms in total. The average Bonchev–Trinajstić information content (AvgIpc) is 2.22. The van der Waals surface area contributed by atoms with Crippen LogP contribution in [0.1, 0.15) is 19.8 Å². The van der Waals surface area contributed by atoms with Crippen LogP contribution in [0.3, 0.4) is 0 Å². The minimum Gasteiger partial charge on any atom is -0.332 e. The van der Waals surface area contributed by atoms with E-state index < -0.39 is 12.1 Å². The molecular weight excluding hydrogens is 265 g/mol. The molecule has 1 saturated heterocycles. The van der Waals surface area contributed by atoms with Crippen molar-refractivity contribution in [2.45, 2.75) is 32.0 Å². The van der Waals surface area contributed by atoms with Crippen molar-refractivity contribution in [2.75, 3.05) is 31.9 Å². The van der Waals surface area contributed by atoms with Crippen LogP contribution >= 0.6 is 12.6 Å². The highest BCUT2D eigenvalue weighted by Gasteiger charge is 2.47. The topological polar surface area (TPSA) is 23.6 Å². The van der Waals surface area contributed by atoms with Crippen molar-refractivity contribution in [1.82, 2.24) is 9.80 Å². The molecule has 0 unspecified atom stereocenters. The Morgan fingerprint density at radius 1 is 1.39 bits per heavy atom. The molecule has 7 heteroatoms. The van der Waals surface area contributed by atoms with Crippen LogP contribution in [0.15, 0.2) is 0 Å². The van der Waals surface area contributed by atoms with Crippen LogP contribution in [0, 0.1) is 0 Å². The Balaban J connectivity index is 2.40. The number of amides is 1. The Hall–Kier alpha value is -0.430. The number of hydrogen-bond acceptors (Lipinski definition) is 3. The van der Waals surface area contributed by atoms with Gasteiger partial charge < -0.3 is 4.90 Å². The van der Waals surface area contributed by atoms with Crippen LogP contribution in [0.5, 0.6) is 0 Å². The van der Waals surface area contributed by atoms with E-state index in [-0.39, 0.29) is 19.1 Å². The van der Waals surface area contributed by atoms with Crippen molar-refractivity contribution in [3.05, 3.63) is 0 Å². The molecule has 0 spiro atoms. The quantitative estimate of drug-likeness (QED) is 0.752. The van der Waals surface area contributed by atoms with E-state index in [1.165, 1.54) is 0 Å². The number of rotatable bonds is 6. The van der Waals surface area contributed by atoms with Gasteiger partial charge in [-0.15, -0.1) is 0 Å². The number of halogens is 3.